The van der Waals surface area contributed by atoms with Crippen LogP contribution in [0.5, 0.6) is 0 Å². The second-order valence-corrected chi connectivity index (χ2v) is 4.01. The Morgan fingerprint density at radius 1 is 1.27 bits per heavy atom. The molecule has 80 valence electrons. The van der Waals surface area contributed by atoms with Gasteiger partial charge in [-0.15, -0.1) is 0 Å². The quantitative estimate of drug-likeness (QED) is 0.691. The van der Waals surface area contributed by atoms with E-state index in [1.807, 2.05) is 0 Å². The fourth-order valence-electron chi connectivity index (χ4n) is 1.45. The van der Waals surface area contributed by atoms with Gasteiger partial charge in [0.15, 0.2) is 5.82 Å². The number of hydrogen-bond donors (Lipinski definition) is 2. The molecule has 1 aromatic rings. The summed E-state index contributed by atoms with van der Waals surface area (Å²) in [5.41, 5.74) is -0.635. The molecular weight excluding hydrogens is 202 g/mol. The molecule has 0 saturated heterocycles. The van der Waals surface area contributed by atoms with Crippen molar-refractivity contribution in [3.8, 4) is 0 Å². The standard InChI is InChI=1S/C10H10F2N2O/c1-10(2)9(15)13-7-4-5(11)3-6(12)8(7)14-10/h3-4,14H,1-2H3,(H,13,15). The molecule has 0 atom stereocenters. The predicted molar refractivity (Wildman–Crippen MR) is 52.7 cm³/mol. The smallest absolute Gasteiger partial charge is 0.249 e. The van der Waals surface area contributed by atoms with E-state index in [1.165, 1.54) is 0 Å². The Morgan fingerprint density at radius 2 is 1.93 bits per heavy atom. The molecular formula is C10H10F2N2O. The highest BCUT2D eigenvalue weighted by Gasteiger charge is 2.34. The third-order valence-corrected chi connectivity index (χ3v) is 2.31. The van der Waals surface area contributed by atoms with Crippen LogP contribution in [0.3, 0.4) is 0 Å². The Kier molecular flexibility index (Phi) is 1.92. The first-order chi connectivity index (χ1) is 6.90. The van der Waals surface area contributed by atoms with E-state index in [1.54, 1.807) is 13.8 Å². The molecule has 3 nitrogen and oxygen atoms in total. The number of rotatable bonds is 0. The molecule has 0 radical (unpaired) electrons. The first kappa shape index (κ1) is 9.89. The predicted octanol–water partition coefficient (Wildman–Crippen LogP) is 2.11. The molecule has 0 aliphatic carbocycles. The van der Waals surface area contributed by atoms with Crippen LogP contribution < -0.4 is 10.6 Å². The van der Waals surface area contributed by atoms with Crippen LogP contribution in [-0.4, -0.2) is 11.4 Å². The number of halogens is 2. The number of fused-ring (bicyclic) bond motifs is 1. The number of benzene rings is 1. The van der Waals surface area contributed by atoms with E-state index in [0.29, 0.717) is 0 Å². The first-order valence-corrected chi connectivity index (χ1v) is 4.49. The molecule has 0 spiro atoms. The molecule has 1 aliphatic rings. The normalized spacial score (nSPS) is 17.7. The zero-order chi connectivity index (χ0) is 11.2. The molecule has 1 aliphatic heterocycles. The van der Waals surface area contributed by atoms with Gasteiger partial charge in [0.05, 0.1) is 11.4 Å². The Balaban J connectivity index is 2.55. The molecule has 2 N–H and O–H groups in total. The highest BCUT2D eigenvalue weighted by molar-refractivity contribution is 6.05. The Morgan fingerprint density at radius 3 is 2.60 bits per heavy atom. The van der Waals surface area contributed by atoms with Gasteiger partial charge in [-0.2, -0.15) is 0 Å². The van der Waals surface area contributed by atoms with Crippen molar-refractivity contribution in [3.05, 3.63) is 23.8 Å². The molecule has 0 fully saturated rings. The lowest BCUT2D eigenvalue weighted by molar-refractivity contribution is -0.119. The van der Waals surface area contributed by atoms with Gasteiger partial charge in [0, 0.05) is 6.07 Å². The lowest BCUT2D eigenvalue weighted by Crippen LogP contribution is -2.47. The van der Waals surface area contributed by atoms with Crippen LogP contribution in [0.4, 0.5) is 20.2 Å². The van der Waals surface area contributed by atoms with Crippen molar-refractivity contribution in [1.29, 1.82) is 0 Å². The van der Waals surface area contributed by atoms with Gasteiger partial charge < -0.3 is 10.6 Å². The van der Waals surface area contributed by atoms with Crippen LogP contribution in [-0.2, 0) is 4.79 Å². The van der Waals surface area contributed by atoms with Crippen LogP contribution in [0.25, 0.3) is 0 Å². The summed E-state index contributed by atoms with van der Waals surface area (Å²) in [6.07, 6.45) is 0. The van der Waals surface area contributed by atoms with Crippen molar-refractivity contribution >= 4 is 17.3 Å². The number of hydrogen-bond acceptors (Lipinski definition) is 2. The summed E-state index contributed by atoms with van der Waals surface area (Å²) in [6, 6.07) is 1.86. The third kappa shape index (κ3) is 1.54. The summed E-state index contributed by atoms with van der Waals surface area (Å²) in [7, 11) is 0. The maximum absolute atomic E-state index is 13.3. The second kappa shape index (κ2) is 2.92. The van der Waals surface area contributed by atoms with Crippen molar-refractivity contribution in [2.75, 3.05) is 10.6 Å². The summed E-state index contributed by atoms with van der Waals surface area (Å²) >= 11 is 0. The monoisotopic (exact) mass is 212 g/mol. The molecule has 0 aromatic heterocycles. The lowest BCUT2D eigenvalue weighted by Gasteiger charge is -2.32. The Labute approximate surface area is 85.5 Å². The summed E-state index contributed by atoms with van der Waals surface area (Å²) in [5.74, 6) is -1.74. The number of carbonyl (C=O) groups excluding carboxylic acids is 1. The molecule has 1 heterocycles. The minimum Gasteiger partial charge on any atom is -0.368 e. The molecule has 15 heavy (non-hydrogen) atoms. The summed E-state index contributed by atoms with van der Waals surface area (Å²) in [4.78, 5) is 11.5. The SMILES string of the molecule is CC1(C)Nc2c(F)cc(F)cc2NC1=O. The Hall–Kier alpha value is -1.65. The van der Waals surface area contributed by atoms with E-state index in [9.17, 15) is 13.6 Å². The molecule has 0 bridgehead atoms. The molecule has 2 rings (SSSR count). The molecule has 0 unspecified atom stereocenters. The van der Waals surface area contributed by atoms with Crippen molar-refractivity contribution in [2.45, 2.75) is 19.4 Å². The van der Waals surface area contributed by atoms with Gasteiger partial charge >= 0.3 is 0 Å². The van der Waals surface area contributed by atoms with Crippen molar-refractivity contribution in [2.24, 2.45) is 0 Å². The molecule has 0 saturated carbocycles. The minimum absolute atomic E-state index is 0.126. The number of carbonyl (C=O) groups is 1. The van der Waals surface area contributed by atoms with Gasteiger partial charge in [-0.05, 0) is 19.9 Å². The van der Waals surface area contributed by atoms with Gasteiger partial charge in [0.1, 0.15) is 11.4 Å². The average Bonchev–Trinajstić information content (AvgIpc) is 2.09. The van der Waals surface area contributed by atoms with E-state index in [2.05, 4.69) is 10.6 Å². The van der Waals surface area contributed by atoms with E-state index in [4.69, 9.17) is 0 Å². The number of anilines is 2. The Bertz CT molecular complexity index is 443. The van der Waals surface area contributed by atoms with E-state index in [-0.39, 0.29) is 17.3 Å². The number of nitrogens with one attached hydrogen (secondary N) is 2. The van der Waals surface area contributed by atoms with E-state index in [0.717, 1.165) is 12.1 Å². The fourth-order valence-corrected chi connectivity index (χ4v) is 1.45. The lowest BCUT2D eigenvalue weighted by atomic mass is 10.00. The largest absolute Gasteiger partial charge is 0.368 e. The van der Waals surface area contributed by atoms with Crippen LogP contribution in [0.1, 0.15) is 13.8 Å². The van der Waals surface area contributed by atoms with Gasteiger partial charge in [0.2, 0.25) is 5.91 Å². The summed E-state index contributed by atoms with van der Waals surface area (Å²) < 4.78 is 26.2. The van der Waals surface area contributed by atoms with Gasteiger partial charge in [0.25, 0.3) is 0 Å². The van der Waals surface area contributed by atoms with Crippen molar-refractivity contribution < 1.29 is 13.6 Å². The van der Waals surface area contributed by atoms with Crippen LogP contribution in [0, 0.1) is 11.6 Å². The first-order valence-electron chi connectivity index (χ1n) is 4.49. The zero-order valence-electron chi connectivity index (χ0n) is 8.32. The highest BCUT2D eigenvalue weighted by Crippen LogP contribution is 2.33. The van der Waals surface area contributed by atoms with Crippen molar-refractivity contribution in [3.63, 3.8) is 0 Å². The summed E-state index contributed by atoms with van der Waals surface area (Å²) in [5, 5.41) is 5.18. The second-order valence-electron chi connectivity index (χ2n) is 4.01. The summed E-state index contributed by atoms with van der Waals surface area (Å²) in [6.45, 7) is 3.24. The maximum atomic E-state index is 13.3. The third-order valence-electron chi connectivity index (χ3n) is 2.31. The maximum Gasteiger partial charge on any atom is 0.249 e. The molecule has 1 aromatic carbocycles. The van der Waals surface area contributed by atoms with Crippen molar-refractivity contribution in [1.82, 2.24) is 0 Å². The van der Waals surface area contributed by atoms with Gasteiger partial charge in [-0.25, -0.2) is 8.78 Å². The van der Waals surface area contributed by atoms with E-state index < -0.39 is 17.2 Å². The zero-order valence-corrected chi connectivity index (χ0v) is 8.32. The highest BCUT2D eigenvalue weighted by atomic mass is 19.1. The molecule has 1 amide bonds. The van der Waals surface area contributed by atoms with Crippen LogP contribution >= 0.6 is 0 Å². The fraction of sp³-hybridized carbons (Fsp3) is 0.300. The van der Waals surface area contributed by atoms with E-state index >= 15 is 0 Å². The van der Waals surface area contributed by atoms with Crippen LogP contribution in [0.15, 0.2) is 12.1 Å². The number of amides is 1. The van der Waals surface area contributed by atoms with Gasteiger partial charge in [-0.3, -0.25) is 4.79 Å². The van der Waals surface area contributed by atoms with Crippen LogP contribution in [0.2, 0.25) is 0 Å². The average molecular weight is 212 g/mol. The van der Waals surface area contributed by atoms with Gasteiger partial charge in [-0.1, -0.05) is 0 Å². The topological polar surface area (TPSA) is 41.1 Å². The molecule has 5 heteroatoms. The minimum atomic E-state index is -0.897.